The number of hydrogen-bond acceptors (Lipinski definition) is 4. The van der Waals surface area contributed by atoms with Crippen LogP contribution in [0.15, 0.2) is 34.3 Å². The molecule has 23 heavy (non-hydrogen) atoms. The number of nitrogens with zero attached hydrogens (tertiary/aromatic N) is 2. The van der Waals surface area contributed by atoms with Crippen molar-refractivity contribution in [3.05, 3.63) is 29.8 Å². The van der Waals surface area contributed by atoms with Gasteiger partial charge in [0.25, 0.3) is 10.0 Å². The molecule has 7 nitrogen and oxygen atoms in total. The van der Waals surface area contributed by atoms with Gasteiger partial charge in [-0.3, -0.25) is 0 Å². The Balaban J connectivity index is 1.71. The highest BCUT2D eigenvalue weighted by Crippen LogP contribution is 2.47. The summed E-state index contributed by atoms with van der Waals surface area (Å²) in [7, 11) is -3.69. The van der Waals surface area contributed by atoms with Crippen molar-refractivity contribution < 1.29 is 18.3 Å². The lowest BCUT2D eigenvalue weighted by Crippen LogP contribution is -2.48. The van der Waals surface area contributed by atoms with Crippen LogP contribution in [0.2, 0.25) is 0 Å². The number of sulfonamides is 1. The molecule has 1 spiro atoms. The Bertz CT molecular complexity index is 751. The lowest BCUT2D eigenvalue weighted by molar-refractivity contribution is 0.115. The number of amides is 1. The molecule has 124 valence electrons. The van der Waals surface area contributed by atoms with Gasteiger partial charge in [0.05, 0.1) is 10.4 Å². The molecular weight excluding hydrogens is 318 g/mol. The Kier molecular flexibility index (Phi) is 3.79. The van der Waals surface area contributed by atoms with Crippen LogP contribution in [0.25, 0.3) is 0 Å². The van der Waals surface area contributed by atoms with Gasteiger partial charge in [0, 0.05) is 25.1 Å². The topological polar surface area (TPSA) is 99.1 Å². The molecule has 2 fully saturated rings. The van der Waals surface area contributed by atoms with Crippen LogP contribution in [0.3, 0.4) is 0 Å². The van der Waals surface area contributed by atoms with E-state index in [1.54, 1.807) is 12.1 Å². The second-order valence-electron chi connectivity index (χ2n) is 6.17. The van der Waals surface area contributed by atoms with Crippen LogP contribution >= 0.6 is 0 Å². The maximum Gasteiger partial charge on any atom is 0.407 e. The lowest BCUT2D eigenvalue weighted by Gasteiger charge is -2.34. The molecule has 1 saturated carbocycles. The van der Waals surface area contributed by atoms with E-state index < -0.39 is 16.1 Å². The Morgan fingerprint density at radius 2 is 1.96 bits per heavy atom. The molecule has 0 aromatic heterocycles. The van der Waals surface area contributed by atoms with Crippen molar-refractivity contribution in [1.29, 1.82) is 0 Å². The van der Waals surface area contributed by atoms with Crippen LogP contribution < -0.4 is 4.83 Å². The van der Waals surface area contributed by atoms with Gasteiger partial charge in [-0.2, -0.15) is 13.5 Å². The molecule has 0 unspecified atom stereocenters. The number of carbonyl (C=O) groups is 1. The number of likely N-dealkylation sites (tertiary alicyclic amines) is 1. The molecule has 2 aliphatic rings. The zero-order chi connectivity index (χ0) is 16.7. The van der Waals surface area contributed by atoms with Crippen molar-refractivity contribution in [2.24, 2.45) is 5.10 Å². The second-order valence-corrected chi connectivity index (χ2v) is 7.83. The van der Waals surface area contributed by atoms with Crippen molar-refractivity contribution in [1.82, 2.24) is 9.73 Å². The van der Waals surface area contributed by atoms with E-state index in [4.69, 9.17) is 0 Å². The molecule has 3 rings (SSSR count). The normalized spacial score (nSPS) is 21.4. The number of nitrogens with one attached hydrogen (secondary N) is 1. The zero-order valence-corrected chi connectivity index (χ0v) is 13.6. The quantitative estimate of drug-likeness (QED) is 0.823. The van der Waals surface area contributed by atoms with Crippen molar-refractivity contribution in [3.63, 3.8) is 0 Å². The zero-order valence-electron chi connectivity index (χ0n) is 12.8. The third-order valence-corrected chi connectivity index (χ3v) is 5.67. The number of aryl methyl sites for hydroxylation is 1. The first-order chi connectivity index (χ1) is 10.8. The summed E-state index contributed by atoms with van der Waals surface area (Å²) in [5.41, 5.74) is 1.32. The maximum atomic E-state index is 12.2. The number of hydrogen-bond donors (Lipinski definition) is 2. The van der Waals surface area contributed by atoms with Crippen LogP contribution in [0.5, 0.6) is 0 Å². The summed E-state index contributed by atoms with van der Waals surface area (Å²) in [6.45, 7) is 2.25. The molecule has 1 aliphatic heterocycles. The number of piperidine rings is 1. The minimum absolute atomic E-state index is 0.163. The number of carboxylic acid groups (broad SMARTS) is 1. The first-order valence-electron chi connectivity index (χ1n) is 7.47. The standard InChI is InChI=1S/C15H19N3O4S/c1-11-2-4-13(5-3-11)23(21,22)17-16-12-6-9-18(14(19)20)15(10-12)7-8-15/h2-5,17H,6-10H2,1H3,(H,19,20)/b16-12+. The van der Waals surface area contributed by atoms with E-state index in [0.717, 1.165) is 18.4 Å². The average Bonchev–Trinajstić information content (AvgIpc) is 3.25. The van der Waals surface area contributed by atoms with Gasteiger partial charge in [-0.25, -0.2) is 9.63 Å². The summed E-state index contributed by atoms with van der Waals surface area (Å²) in [6, 6.07) is 6.53. The van der Waals surface area contributed by atoms with Crippen molar-refractivity contribution in [3.8, 4) is 0 Å². The van der Waals surface area contributed by atoms with Crippen molar-refractivity contribution in [2.45, 2.75) is 43.0 Å². The van der Waals surface area contributed by atoms with Gasteiger partial charge in [-0.1, -0.05) is 17.7 Å². The fourth-order valence-electron chi connectivity index (χ4n) is 2.92. The molecular formula is C15H19N3O4S. The van der Waals surface area contributed by atoms with E-state index in [1.165, 1.54) is 17.0 Å². The summed E-state index contributed by atoms with van der Waals surface area (Å²) in [5, 5.41) is 13.2. The number of hydrazone groups is 1. The molecule has 1 saturated heterocycles. The van der Waals surface area contributed by atoms with Gasteiger partial charge in [-0.05, 0) is 31.9 Å². The Hall–Kier alpha value is -2.09. The minimum atomic E-state index is -3.69. The van der Waals surface area contributed by atoms with E-state index in [9.17, 15) is 18.3 Å². The summed E-state index contributed by atoms with van der Waals surface area (Å²) < 4.78 is 24.4. The van der Waals surface area contributed by atoms with E-state index in [-0.39, 0.29) is 10.4 Å². The van der Waals surface area contributed by atoms with Crippen LogP contribution in [0, 0.1) is 6.92 Å². The largest absolute Gasteiger partial charge is 0.465 e. The fourth-order valence-corrected chi connectivity index (χ4v) is 3.77. The third kappa shape index (κ3) is 3.17. The predicted molar refractivity (Wildman–Crippen MR) is 84.9 cm³/mol. The van der Waals surface area contributed by atoms with Gasteiger partial charge < -0.3 is 10.0 Å². The highest BCUT2D eigenvalue weighted by Gasteiger charge is 2.53. The molecule has 1 amide bonds. The summed E-state index contributed by atoms with van der Waals surface area (Å²) >= 11 is 0. The van der Waals surface area contributed by atoms with E-state index in [2.05, 4.69) is 9.93 Å². The first kappa shape index (κ1) is 15.8. The van der Waals surface area contributed by atoms with Crippen LogP contribution in [-0.4, -0.2) is 42.3 Å². The molecule has 1 aliphatic carbocycles. The third-order valence-electron chi connectivity index (χ3n) is 4.44. The average molecular weight is 337 g/mol. The molecule has 0 radical (unpaired) electrons. The predicted octanol–water partition coefficient (Wildman–Crippen LogP) is 1.94. The molecule has 1 heterocycles. The molecule has 0 bridgehead atoms. The minimum Gasteiger partial charge on any atom is -0.465 e. The van der Waals surface area contributed by atoms with Crippen molar-refractivity contribution in [2.75, 3.05) is 6.54 Å². The summed E-state index contributed by atoms with van der Waals surface area (Å²) in [4.78, 5) is 15.1. The second kappa shape index (κ2) is 5.52. The Morgan fingerprint density at radius 1 is 1.30 bits per heavy atom. The molecule has 2 N–H and O–H groups in total. The molecule has 0 atom stereocenters. The summed E-state index contributed by atoms with van der Waals surface area (Å²) in [6.07, 6.45) is 1.65. The summed E-state index contributed by atoms with van der Waals surface area (Å²) in [5.74, 6) is 0. The maximum absolute atomic E-state index is 12.2. The van der Waals surface area contributed by atoms with Crippen LogP contribution in [0.4, 0.5) is 4.79 Å². The monoisotopic (exact) mass is 337 g/mol. The van der Waals surface area contributed by atoms with Gasteiger partial charge in [-0.15, -0.1) is 0 Å². The van der Waals surface area contributed by atoms with Gasteiger partial charge in [0.1, 0.15) is 0 Å². The Labute approximate surface area is 135 Å². The van der Waals surface area contributed by atoms with E-state index in [0.29, 0.717) is 25.1 Å². The van der Waals surface area contributed by atoms with Crippen molar-refractivity contribution >= 4 is 21.8 Å². The molecule has 8 heteroatoms. The highest BCUT2D eigenvalue weighted by molar-refractivity contribution is 7.89. The smallest absolute Gasteiger partial charge is 0.407 e. The van der Waals surface area contributed by atoms with E-state index >= 15 is 0 Å². The van der Waals surface area contributed by atoms with Gasteiger partial charge in [0.15, 0.2) is 0 Å². The van der Waals surface area contributed by atoms with Crippen LogP contribution in [-0.2, 0) is 10.0 Å². The lowest BCUT2D eigenvalue weighted by atomic mass is 9.98. The van der Waals surface area contributed by atoms with Gasteiger partial charge in [0.2, 0.25) is 0 Å². The van der Waals surface area contributed by atoms with Gasteiger partial charge >= 0.3 is 6.09 Å². The first-order valence-corrected chi connectivity index (χ1v) is 8.95. The number of benzene rings is 1. The fraction of sp³-hybridized carbons (Fsp3) is 0.467. The van der Waals surface area contributed by atoms with E-state index in [1.807, 2.05) is 6.92 Å². The Morgan fingerprint density at radius 3 is 2.52 bits per heavy atom. The SMILES string of the molecule is Cc1ccc(S(=O)(=O)N/N=C2\CCN(C(=O)O)C3(CC3)C2)cc1. The molecule has 1 aromatic rings. The molecule has 1 aromatic carbocycles. The number of rotatable bonds is 3. The highest BCUT2D eigenvalue weighted by atomic mass is 32.2. The van der Waals surface area contributed by atoms with Crippen LogP contribution in [0.1, 0.15) is 31.2 Å².